The molecule has 0 amide bonds. The van der Waals surface area contributed by atoms with Gasteiger partial charge in [-0.05, 0) is 64.2 Å². The largest absolute Gasteiger partial charge is 0.457 e. The van der Waals surface area contributed by atoms with Gasteiger partial charge in [-0.25, -0.2) is 0 Å². The Kier molecular flexibility index (Phi) is 31.2. The van der Waals surface area contributed by atoms with Gasteiger partial charge in [-0.3, -0.25) is 4.79 Å². The molecule has 2 aliphatic heterocycles. The van der Waals surface area contributed by atoms with Crippen LogP contribution in [0, 0.1) is 0 Å². The van der Waals surface area contributed by atoms with Gasteiger partial charge in [0.05, 0.1) is 26.4 Å². The fourth-order valence-electron chi connectivity index (χ4n) is 6.52. The molecule has 0 aromatic rings. The molecule has 0 spiro atoms. The van der Waals surface area contributed by atoms with Gasteiger partial charge in [0, 0.05) is 13.0 Å². The van der Waals surface area contributed by atoms with E-state index in [0.29, 0.717) is 13.0 Å². The zero-order valence-electron chi connectivity index (χ0n) is 36.6. The Balaban J connectivity index is 1.77. The number of ether oxygens (including phenoxy) is 6. The summed E-state index contributed by atoms with van der Waals surface area (Å²) >= 11 is 0. The fraction of sp³-hybridized carbons (Fsp3) is 0.723. The summed E-state index contributed by atoms with van der Waals surface area (Å²) in [6.45, 7) is 3.41. The highest BCUT2D eigenvalue weighted by Gasteiger charge is 2.47. The third-order valence-corrected chi connectivity index (χ3v) is 10.2. The maximum Gasteiger partial charge on any atom is 0.306 e. The van der Waals surface area contributed by atoms with E-state index in [-0.39, 0.29) is 19.6 Å². The predicted molar refractivity (Wildman–Crippen MR) is 233 cm³/mol. The van der Waals surface area contributed by atoms with Gasteiger partial charge in [0.25, 0.3) is 0 Å². The summed E-state index contributed by atoms with van der Waals surface area (Å²) in [4.78, 5) is 12.9. The number of rotatable bonds is 33. The second-order valence-corrected chi connectivity index (χ2v) is 15.5. The van der Waals surface area contributed by atoms with Gasteiger partial charge in [-0.1, -0.05) is 119 Å². The van der Waals surface area contributed by atoms with E-state index in [1.54, 1.807) is 0 Å². The van der Waals surface area contributed by atoms with E-state index in [1.165, 1.54) is 12.8 Å². The van der Waals surface area contributed by atoms with E-state index in [4.69, 9.17) is 28.4 Å². The molecule has 11 unspecified atom stereocenters. The molecule has 0 bridgehead atoms. The lowest BCUT2D eigenvalue weighted by molar-refractivity contribution is -0.332. The number of aliphatic hydroxyl groups excluding tert-OH is 7. The zero-order chi connectivity index (χ0) is 44.5. The molecule has 61 heavy (non-hydrogen) atoms. The lowest BCUT2D eigenvalue weighted by Gasteiger charge is -2.42. The van der Waals surface area contributed by atoms with Crippen molar-refractivity contribution in [2.45, 2.75) is 184 Å². The average Bonchev–Trinajstić information content (AvgIpc) is 3.26. The van der Waals surface area contributed by atoms with Crippen LogP contribution in [0.3, 0.4) is 0 Å². The van der Waals surface area contributed by atoms with Gasteiger partial charge in [0.15, 0.2) is 12.6 Å². The Bertz CT molecular complexity index is 1280. The zero-order valence-corrected chi connectivity index (χ0v) is 36.6. The molecule has 14 heteroatoms. The standard InChI is InChI=1S/C47H78O14/c1-3-5-7-9-11-12-13-14-15-16-17-18-19-20-21-22-23-24-25-26-28-30-39(49)59-36(33-56-31-29-27-10-8-6-4-2)34-57-46-45(55)43(53)41(51)38(61-46)35-58-47-44(54)42(52)40(50)37(32-48)60-47/h5,7,11-12,14-15,17-18,20-21,23-24,36-38,40-48,50-55H,3-4,6,8-10,13,16,19,22,25-35H2,1-2H3/b7-5-,12-11-,15-14-,18-17-,21-20-,24-23-. The first-order chi connectivity index (χ1) is 29.6. The molecule has 11 atom stereocenters. The van der Waals surface area contributed by atoms with E-state index in [9.17, 15) is 40.5 Å². The number of carbonyl (C=O) groups excluding carboxylic acids is 1. The predicted octanol–water partition coefficient (Wildman–Crippen LogP) is 5.17. The van der Waals surface area contributed by atoms with Crippen LogP contribution < -0.4 is 0 Å². The van der Waals surface area contributed by atoms with E-state index in [2.05, 4.69) is 86.8 Å². The van der Waals surface area contributed by atoms with Gasteiger partial charge in [0.2, 0.25) is 0 Å². The van der Waals surface area contributed by atoms with Crippen LogP contribution in [0.5, 0.6) is 0 Å². The maximum absolute atomic E-state index is 12.9. The van der Waals surface area contributed by atoms with E-state index in [0.717, 1.165) is 77.0 Å². The minimum atomic E-state index is -1.71. The van der Waals surface area contributed by atoms with Crippen molar-refractivity contribution in [1.82, 2.24) is 0 Å². The first-order valence-corrected chi connectivity index (χ1v) is 22.5. The Morgan fingerprint density at radius 3 is 1.64 bits per heavy atom. The third-order valence-electron chi connectivity index (χ3n) is 10.2. The minimum Gasteiger partial charge on any atom is -0.457 e. The first-order valence-electron chi connectivity index (χ1n) is 22.5. The monoisotopic (exact) mass is 867 g/mol. The molecule has 2 heterocycles. The number of hydrogen-bond acceptors (Lipinski definition) is 14. The number of hydrogen-bond donors (Lipinski definition) is 7. The van der Waals surface area contributed by atoms with Gasteiger partial charge in [0.1, 0.15) is 54.9 Å². The van der Waals surface area contributed by atoms with Crippen LogP contribution in [0.1, 0.15) is 117 Å². The second-order valence-electron chi connectivity index (χ2n) is 15.5. The molecular formula is C47H78O14. The molecule has 0 radical (unpaired) electrons. The van der Waals surface area contributed by atoms with Crippen molar-refractivity contribution < 1.29 is 69.0 Å². The molecule has 0 aliphatic carbocycles. The number of carbonyl (C=O) groups is 1. The quantitative estimate of drug-likeness (QED) is 0.0258. The van der Waals surface area contributed by atoms with Crippen molar-refractivity contribution in [3.8, 4) is 0 Å². The van der Waals surface area contributed by atoms with E-state index in [1.807, 2.05) is 0 Å². The normalized spacial score (nSPS) is 28.1. The molecule has 2 saturated heterocycles. The summed E-state index contributed by atoms with van der Waals surface area (Å²) in [5.74, 6) is -0.425. The molecule has 2 fully saturated rings. The lowest BCUT2D eigenvalue weighted by atomic mass is 9.98. The van der Waals surface area contributed by atoms with Crippen molar-refractivity contribution in [1.29, 1.82) is 0 Å². The van der Waals surface area contributed by atoms with Crippen molar-refractivity contribution in [3.05, 3.63) is 72.9 Å². The van der Waals surface area contributed by atoms with Gasteiger partial charge >= 0.3 is 5.97 Å². The maximum atomic E-state index is 12.9. The fourth-order valence-corrected chi connectivity index (χ4v) is 6.52. The van der Waals surface area contributed by atoms with Crippen molar-refractivity contribution >= 4 is 5.97 Å². The first kappa shape index (κ1) is 54.6. The molecule has 350 valence electrons. The Hall–Kier alpha value is -2.57. The van der Waals surface area contributed by atoms with Crippen molar-refractivity contribution in [2.24, 2.45) is 0 Å². The van der Waals surface area contributed by atoms with Gasteiger partial charge in [-0.2, -0.15) is 0 Å². The smallest absolute Gasteiger partial charge is 0.306 e. The van der Waals surface area contributed by atoms with Crippen LogP contribution in [0.15, 0.2) is 72.9 Å². The van der Waals surface area contributed by atoms with Crippen LogP contribution in [0.25, 0.3) is 0 Å². The molecular weight excluding hydrogens is 789 g/mol. The average molecular weight is 867 g/mol. The number of unbranched alkanes of at least 4 members (excludes halogenated alkanes) is 7. The highest BCUT2D eigenvalue weighted by molar-refractivity contribution is 5.69. The molecule has 0 aromatic carbocycles. The summed E-state index contributed by atoms with van der Waals surface area (Å²) in [5, 5.41) is 71.7. The SMILES string of the molecule is CC/C=C\C/C=C\C/C=C\C/C=C\C/C=C\C/C=C\CCCCC(=O)OC(COCCCCCCCC)COC1OC(COC2OC(CO)C(O)C(O)C2O)C(O)C(O)C1O. The molecule has 14 nitrogen and oxygen atoms in total. The highest BCUT2D eigenvalue weighted by Crippen LogP contribution is 2.26. The van der Waals surface area contributed by atoms with Crippen molar-refractivity contribution in [3.63, 3.8) is 0 Å². The highest BCUT2D eigenvalue weighted by atomic mass is 16.7. The summed E-state index contributed by atoms with van der Waals surface area (Å²) < 4.78 is 33.9. The summed E-state index contributed by atoms with van der Waals surface area (Å²) in [6, 6.07) is 0. The molecule has 7 N–H and O–H groups in total. The molecule has 0 aromatic heterocycles. The van der Waals surface area contributed by atoms with Crippen LogP contribution in [-0.4, -0.2) is 142 Å². The summed E-state index contributed by atoms with van der Waals surface area (Å²) in [6.07, 6.45) is 24.4. The topological polar surface area (TPSA) is 214 Å². The number of aliphatic hydroxyl groups is 7. The van der Waals surface area contributed by atoms with Gasteiger partial charge < -0.3 is 64.2 Å². The second kappa shape index (κ2) is 34.9. The molecule has 2 rings (SSSR count). The minimum absolute atomic E-state index is 0.0386. The van der Waals surface area contributed by atoms with Crippen molar-refractivity contribution in [2.75, 3.05) is 33.0 Å². The van der Waals surface area contributed by atoms with Crippen LogP contribution in [0.4, 0.5) is 0 Å². The van der Waals surface area contributed by atoms with E-state index < -0.39 is 86.7 Å². The summed E-state index contributed by atoms with van der Waals surface area (Å²) in [5.41, 5.74) is 0. The Morgan fingerprint density at radius 1 is 0.557 bits per heavy atom. The molecule has 0 saturated carbocycles. The van der Waals surface area contributed by atoms with E-state index >= 15 is 0 Å². The number of allylic oxidation sites excluding steroid dienone is 12. The Labute approximate surface area is 364 Å². The third kappa shape index (κ3) is 23.6. The van der Waals surface area contributed by atoms with Gasteiger partial charge in [-0.15, -0.1) is 0 Å². The number of esters is 1. The molecule has 2 aliphatic rings. The summed E-state index contributed by atoms with van der Waals surface area (Å²) in [7, 11) is 0. The van der Waals surface area contributed by atoms with Crippen LogP contribution in [-0.2, 0) is 33.2 Å². The van der Waals surface area contributed by atoms with Crippen LogP contribution >= 0.6 is 0 Å². The Morgan fingerprint density at radius 2 is 1.07 bits per heavy atom. The lowest BCUT2D eigenvalue weighted by Crippen LogP contribution is -2.61. The van der Waals surface area contributed by atoms with Crippen LogP contribution in [0.2, 0.25) is 0 Å².